The molecular weight excluding hydrogens is 392 g/mol. The number of thiazole rings is 1. The van der Waals surface area contributed by atoms with E-state index in [0.29, 0.717) is 15.7 Å². The number of methoxy groups -OCH3 is 1. The predicted molar refractivity (Wildman–Crippen MR) is 103 cm³/mol. The topological polar surface area (TPSA) is 85.6 Å². The highest BCUT2D eigenvalue weighted by atomic mass is 32.2. The molecule has 0 aliphatic carbocycles. The minimum atomic E-state index is -0.466. The molecule has 0 radical (unpaired) electrons. The van der Waals surface area contributed by atoms with Crippen LogP contribution < -0.4 is 5.32 Å². The summed E-state index contributed by atoms with van der Waals surface area (Å²) in [6.07, 6.45) is 0. The maximum Gasteiger partial charge on any atom is 0.350 e. The Hall–Kier alpha value is -2.43. The van der Waals surface area contributed by atoms with Gasteiger partial charge in [-0.3, -0.25) is 9.20 Å². The van der Waals surface area contributed by atoms with Crippen LogP contribution in [0.1, 0.15) is 9.67 Å². The second-order valence-electron chi connectivity index (χ2n) is 5.16. The second-order valence-corrected chi connectivity index (χ2v) is 8.03. The molecule has 0 saturated heterocycles. The summed E-state index contributed by atoms with van der Waals surface area (Å²) in [4.78, 5) is 25.1. The summed E-state index contributed by atoms with van der Waals surface area (Å²) in [6, 6.07) is 9.65. The third-order valence-corrected chi connectivity index (χ3v) is 6.39. The third kappa shape index (κ3) is 3.06. The van der Waals surface area contributed by atoms with Gasteiger partial charge in [-0.2, -0.15) is 0 Å². The van der Waals surface area contributed by atoms with Gasteiger partial charge in [0.25, 0.3) is 0 Å². The van der Waals surface area contributed by atoms with Crippen molar-refractivity contribution in [3.05, 3.63) is 40.6 Å². The fourth-order valence-corrected chi connectivity index (χ4v) is 4.96. The van der Waals surface area contributed by atoms with Crippen LogP contribution in [0.15, 0.2) is 40.9 Å². The summed E-state index contributed by atoms with van der Waals surface area (Å²) in [5, 5.41) is 13.5. The molecule has 4 rings (SSSR count). The third-order valence-electron chi connectivity index (χ3n) is 3.55. The van der Waals surface area contributed by atoms with Gasteiger partial charge in [-0.1, -0.05) is 35.2 Å². The molecule has 0 unspecified atom stereocenters. The molecule has 4 aromatic rings. The van der Waals surface area contributed by atoms with Gasteiger partial charge in [0.05, 0.1) is 28.8 Å². The molecule has 10 heteroatoms. The van der Waals surface area contributed by atoms with Crippen LogP contribution in [0.5, 0.6) is 0 Å². The number of fused-ring (bicyclic) bond motifs is 3. The van der Waals surface area contributed by atoms with Gasteiger partial charge in [-0.25, -0.2) is 4.79 Å². The van der Waals surface area contributed by atoms with Gasteiger partial charge in [0.1, 0.15) is 4.88 Å². The summed E-state index contributed by atoms with van der Waals surface area (Å²) in [5.74, 6) is -0.539. The molecule has 0 saturated carbocycles. The smallest absolute Gasteiger partial charge is 0.350 e. The Bertz CT molecular complexity index is 1110. The van der Waals surface area contributed by atoms with Crippen LogP contribution in [0.3, 0.4) is 0 Å². The van der Waals surface area contributed by atoms with Crippen LogP contribution in [0.25, 0.3) is 15.2 Å². The van der Waals surface area contributed by atoms with Crippen LogP contribution in [0, 0.1) is 0 Å². The van der Waals surface area contributed by atoms with E-state index < -0.39 is 5.97 Å². The number of thioether (sulfide) groups is 1. The van der Waals surface area contributed by atoms with Crippen molar-refractivity contribution in [3.63, 3.8) is 0 Å². The van der Waals surface area contributed by atoms with Crippen molar-refractivity contribution in [1.82, 2.24) is 14.6 Å². The number of hydrogen-bond donors (Lipinski definition) is 1. The number of benzene rings is 1. The van der Waals surface area contributed by atoms with E-state index in [-0.39, 0.29) is 11.7 Å². The molecule has 26 heavy (non-hydrogen) atoms. The number of aromatic nitrogens is 3. The zero-order valence-electron chi connectivity index (χ0n) is 13.5. The highest BCUT2D eigenvalue weighted by Crippen LogP contribution is 2.29. The van der Waals surface area contributed by atoms with Crippen molar-refractivity contribution >= 4 is 67.2 Å². The zero-order valence-corrected chi connectivity index (χ0v) is 15.9. The molecular formula is C16H12N4O3S3. The molecule has 0 bridgehead atoms. The Kier molecular flexibility index (Phi) is 4.62. The van der Waals surface area contributed by atoms with Gasteiger partial charge in [-0.05, 0) is 23.6 Å². The first-order chi connectivity index (χ1) is 12.7. The molecule has 3 heterocycles. The number of thiophene rings is 1. The van der Waals surface area contributed by atoms with E-state index >= 15 is 0 Å². The zero-order chi connectivity index (χ0) is 18.1. The minimum Gasteiger partial charge on any atom is -0.465 e. The Labute approximate surface area is 160 Å². The molecule has 1 amide bonds. The quantitative estimate of drug-likeness (QED) is 0.405. The number of nitrogens with one attached hydrogen (secondary N) is 1. The molecule has 0 fully saturated rings. The van der Waals surface area contributed by atoms with Gasteiger partial charge in [0, 0.05) is 0 Å². The minimum absolute atomic E-state index is 0.154. The van der Waals surface area contributed by atoms with Gasteiger partial charge < -0.3 is 10.1 Å². The van der Waals surface area contributed by atoms with E-state index in [1.54, 1.807) is 22.8 Å². The number of para-hydroxylation sites is 1. The summed E-state index contributed by atoms with van der Waals surface area (Å²) in [7, 11) is 1.31. The number of esters is 1. The highest BCUT2D eigenvalue weighted by molar-refractivity contribution is 7.99. The number of nitrogens with zero attached hydrogens (tertiary/aromatic N) is 3. The lowest BCUT2D eigenvalue weighted by Crippen LogP contribution is -2.16. The van der Waals surface area contributed by atoms with E-state index in [2.05, 4.69) is 15.5 Å². The fraction of sp³-hybridized carbons (Fsp3) is 0.125. The molecule has 7 nitrogen and oxygen atoms in total. The van der Waals surface area contributed by atoms with Crippen LogP contribution in [-0.4, -0.2) is 39.3 Å². The normalized spacial score (nSPS) is 11.1. The maximum absolute atomic E-state index is 12.3. The van der Waals surface area contributed by atoms with Crippen molar-refractivity contribution in [2.45, 2.75) is 5.16 Å². The Morgan fingerprint density at radius 2 is 2.12 bits per heavy atom. The number of rotatable bonds is 5. The summed E-state index contributed by atoms with van der Waals surface area (Å²) < 4.78 is 7.77. The lowest BCUT2D eigenvalue weighted by Gasteiger charge is -2.05. The number of anilines is 1. The van der Waals surface area contributed by atoms with Gasteiger partial charge in [0.15, 0.2) is 5.16 Å². The van der Waals surface area contributed by atoms with Crippen molar-refractivity contribution in [3.8, 4) is 0 Å². The van der Waals surface area contributed by atoms with Gasteiger partial charge >= 0.3 is 5.97 Å². The van der Waals surface area contributed by atoms with Gasteiger partial charge in [-0.15, -0.1) is 21.5 Å². The SMILES string of the molecule is COC(=O)c1sccc1NC(=O)CSc1nnc2sc3ccccc3n12. The lowest BCUT2D eigenvalue weighted by atomic mass is 10.3. The molecule has 132 valence electrons. The van der Waals surface area contributed by atoms with Crippen molar-refractivity contribution in [2.24, 2.45) is 0 Å². The Morgan fingerprint density at radius 1 is 1.27 bits per heavy atom. The number of ether oxygens (including phenoxy) is 1. The molecule has 1 aromatic carbocycles. The molecule has 0 aliphatic rings. The first-order valence-electron chi connectivity index (χ1n) is 7.48. The molecule has 1 N–H and O–H groups in total. The summed E-state index contributed by atoms with van der Waals surface area (Å²) >= 11 is 4.07. The number of carbonyl (C=O) groups excluding carboxylic acids is 2. The van der Waals surface area contributed by atoms with Crippen LogP contribution in [0.4, 0.5) is 5.69 Å². The highest BCUT2D eigenvalue weighted by Gasteiger charge is 2.17. The first kappa shape index (κ1) is 17.0. The Balaban J connectivity index is 1.49. The number of amides is 1. The number of hydrogen-bond acceptors (Lipinski definition) is 8. The Morgan fingerprint density at radius 3 is 2.96 bits per heavy atom. The van der Waals surface area contributed by atoms with Crippen LogP contribution in [-0.2, 0) is 9.53 Å². The van der Waals surface area contributed by atoms with Crippen molar-refractivity contribution in [1.29, 1.82) is 0 Å². The largest absolute Gasteiger partial charge is 0.465 e. The predicted octanol–water partition coefficient (Wildman–Crippen LogP) is 3.52. The average molecular weight is 404 g/mol. The second kappa shape index (κ2) is 7.06. The van der Waals surface area contributed by atoms with E-state index in [0.717, 1.165) is 15.2 Å². The molecule has 0 spiro atoms. The molecule has 0 aliphatic heterocycles. The van der Waals surface area contributed by atoms with E-state index in [4.69, 9.17) is 4.74 Å². The maximum atomic E-state index is 12.3. The first-order valence-corrected chi connectivity index (χ1v) is 10.2. The van der Waals surface area contributed by atoms with Crippen molar-refractivity contribution < 1.29 is 14.3 Å². The summed E-state index contributed by atoms with van der Waals surface area (Å²) in [6.45, 7) is 0. The lowest BCUT2D eigenvalue weighted by molar-refractivity contribution is -0.113. The summed E-state index contributed by atoms with van der Waals surface area (Å²) in [5.41, 5.74) is 1.48. The van der Waals surface area contributed by atoms with E-state index in [1.807, 2.05) is 28.7 Å². The van der Waals surface area contributed by atoms with Crippen LogP contribution >= 0.6 is 34.4 Å². The molecule has 0 atom stereocenters. The number of carbonyl (C=O) groups is 2. The van der Waals surface area contributed by atoms with Gasteiger partial charge in [0.2, 0.25) is 10.9 Å². The van der Waals surface area contributed by atoms with E-state index in [9.17, 15) is 9.59 Å². The standard InChI is InChI=1S/C16H12N4O3S3/c1-23-14(22)13-9(6-7-24-13)17-12(21)8-25-15-18-19-16-20(15)10-4-2-3-5-11(10)26-16/h2-7H,8H2,1H3,(H,17,21). The molecule has 3 aromatic heterocycles. The average Bonchev–Trinajstić information content (AvgIpc) is 3.34. The monoisotopic (exact) mass is 404 g/mol. The van der Waals surface area contributed by atoms with E-state index in [1.165, 1.54) is 30.2 Å². The van der Waals surface area contributed by atoms with Crippen LogP contribution in [0.2, 0.25) is 0 Å². The fourth-order valence-electron chi connectivity index (χ4n) is 2.42. The van der Waals surface area contributed by atoms with Crippen molar-refractivity contribution in [2.75, 3.05) is 18.2 Å².